The average Bonchev–Trinajstić information content (AvgIpc) is 3.22. The van der Waals surface area contributed by atoms with Crippen molar-refractivity contribution in [1.82, 2.24) is 4.57 Å². The maximum atomic E-state index is 13.8. The fraction of sp³-hybridized carbons (Fsp3) is 0.172. The van der Waals surface area contributed by atoms with Crippen molar-refractivity contribution in [2.45, 2.75) is 23.8 Å². The summed E-state index contributed by atoms with van der Waals surface area (Å²) in [6.07, 6.45) is 5.85. The Labute approximate surface area is 211 Å². The van der Waals surface area contributed by atoms with Gasteiger partial charge in [-0.3, -0.25) is 9.36 Å². The summed E-state index contributed by atoms with van der Waals surface area (Å²) >= 11 is 3.17. The Kier molecular flexibility index (Phi) is 5.71. The lowest BCUT2D eigenvalue weighted by molar-refractivity contribution is 0.413. The van der Waals surface area contributed by atoms with Gasteiger partial charge in [-0.25, -0.2) is 4.99 Å². The monoisotopic (exact) mass is 496 g/mol. The number of thiazole rings is 1. The van der Waals surface area contributed by atoms with Gasteiger partial charge in [0.15, 0.2) is 4.80 Å². The van der Waals surface area contributed by atoms with Gasteiger partial charge in [0.1, 0.15) is 5.75 Å². The lowest BCUT2D eigenvalue weighted by Crippen LogP contribution is -2.38. The van der Waals surface area contributed by atoms with Crippen LogP contribution in [-0.2, 0) is 6.42 Å². The summed E-state index contributed by atoms with van der Waals surface area (Å²) in [5, 5.41) is 0. The zero-order valence-electron chi connectivity index (χ0n) is 19.5. The number of benzene rings is 3. The van der Waals surface area contributed by atoms with E-state index in [9.17, 15) is 4.79 Å². The molecule has 6 rings (SSSR count). The van der Waals surface area contributed by atoms with Gasteiger partial charge < -0.3 is 4.74 Å². The summed E-state index contributed by atoms with van der Waals surface area (Å²) in [5.74, 6) is 0.786. The topological polar surface area (TPSA) is 43.6 Å². The number of hydrogen-bond donors (Lipinski definition) is 0. The van der Waals surface area contributed by atoms with Gasteiger partial charge in [0.05, 0.1) is 23.4 Å². The molecule has 1 aliphatic heterocycles. The van der Waals surface area contributed by atoms with Gasteiger partial charge in [-0.1, -0.05) is 59.9 Å². The SMILES string of the molecule is COc1cccc([C@@H]2C3=C(N=c4s/c(=C/c5ccc(SC)cc5)c(=O)n42)c2ccccc2CC3)c1. The summed E-state index contributed by atoms with van der Waals surface area (Å²) in [6.45, 7) is 0. The number of ether oxygens (including phenoxy) is 1. The Balaban J connectivity index is 1.59. The van der Waals surface area contributed by atoms with Crippen LogP contribution in [0.3, 0.4) is 0 Å². The minimum absolute atomic E-state index is 0.000853. The Hall–Kier alpha value is -3.35. The molecule has 0 fully saturated rings. The van der Waals surface area contributed by atoms with Crippen LogP contribution in [0.5, 0.6) is 5.75 Å². The number of aryl methyl sites for hydroxylation is 1. The lowest BCUT2D eigenvalue weighted by Gasteiger charge is -2.31. The molecule has 4 nitrogen and oxygen atoms in total. The number of thioether (sulfide) groups is 1. The van der Waals surface area contributed by atoms with Crippen LogP contribution in [0.2, 0.25) is 0 Å². The molecule has 0 unspecified atom stereocenters. The van der Waals surface area contributed by atoms with Crippen molar-refractivity contribution in [2.24, 2.45) is 4.99 Å². The third-order valence-electron chi connectivity index (χ3n) is 6.70. The third kappa shape index (κ3) is 3.87. The highest BCUT2D eigenvalue weighted by molar-refractivity contribution is 7.98. The van der Waals surface area contributed by atoms with Gasteiger partial charge in [-0.15, -0.1) is 11.8 Å². The molecule has 35 heavy (non-hydrogen) atoms. The number of rotatable bonds is 4. The largest absolute Gasteiger partial charge is 0.497 e. The molecule has 6 heteroatoms. The van der Waals surface area contributed by atoms with Crippen molar-refractivity contribution >= 4 is 34.9 Å². The van der Waals surface area contributed by atoms with E-state index in [2.05, 4.69) is 60.9 Å². The van der Waals surface area contributed by atoms with Crippen LogP contribution in [0.25, 0.3) is 11.8 Å². The molecule has 2 heterocycles. The fourth-order valence-electron chi connectivity index (χ4n) is 4.99. The summed E-state index contributed by atoms with van der Waals surface area (Å²) in [4.78, 5) is 20.9. The molecule has 0 N–H and O–H groups in total. The first kappa shape index (κ1) is 22.1. The highest BCUT2D eigenvalue weighted by Crippen LogP contribution is 2.41. The van der Waals surface area contributed by atoms with Crippen molar-refractivity contribution in [3.63, 3.8) is 0 Å². The molecule has 0 spiro atoms. The highest BCUT2D eigenvalue weighted by Gasteiger charge is 2.32. The Morgan fingerprint density at radius 3 is 2.69 bits per heavy atom. The van der Waals surface area contributed by atoms with Crippen molar-refractivity contribution < 1.29 is 4.74 Å². The van der Waals surface area contributed by atoms with E-state index in [1.165, 1.54) is 32.9 Å². The van der Waals surface area contributed by atoms with Gasteiger partial charge >= 0.3 is 0 Å². The quantitative estimate of drug-likeness (QED) is 0.372. The molecule has 0 bridgehead atoms. The molecule has 0 amide bonds. The van der Waals surface area contributed by atoms with Crippen LogP contribution in [0.1, 0.15) is 34.7 Å². The number of hydrogen-bond acceptors (Lipinski definition) is 5. The molecular formula is C29H24N2O2S2. The summed E-state index contributed by atoms with van der Waals surface area (Å²) < 4.78 is 8.11. The first-order chi connectivity index (χ1) is 17.2. The van der Waals surface area contributed by atoms with E-state index < -0.39 is 0 Å². The second-order valence-corrected chi connectivity index (χ2v) is 10.6. The van der Waals surface area contributed by atoms with Crippen LogP contribution in [0.4, 0.5) is 0 Å². The maximum absolute atomic E-state index is 13.8. The molecule has 1 aromatic heterocycles. The number of methoxy groups -OCH3 is 1. The van der Waals surface area contributed by atoms with Crippen molar-refractivity contribution in [1.29, 1.82) is 0 Å². The van der Waals surface area contributed by atoms with E-state index in [1.54, 1.807) is 18.9 Å². The Bertz CT molecular complexity index is 1650. The lowest BCUT2D eigenvalue weighted by atomic mass is 9.83. The zero-order chi connectivity index (χ0) is 23.9. The summed E-state index contributed by atoms with van der Waals surface area (Å²) in [6, 6.07) is 24.6. The minimum atomic E-state index is -0.203. The van der Waals surface area contributed by atoms with Gasteiger partial charge in [-0.2, -0.15) is 0 Å². The van der Waals surface area contributed by atoms with E-state index in [-0.39, 0.29) is 11.6 Å². The van der Waals surface area contributed by atoms with Gasteiger partial charge in [0.2, 0.25) is 0 Å². The molecule has 0 saturated carbocycles. The van der Waals surface area contributed by atoms with Gasteiger partial charge in [-0.05, 0) is 71.7 Å². The fourth-order valence-corrected chi connectivity index (χ4v) is 6.39. The predicted octanol–water partition coefficient (Wildman–Crippen LogP) is 5.05. The van der Waals surface area contributed by atoms with Crippen molar-refractivity contribution in [2.75, 3.05) is 13.4 Å². The van der Waals surface area contributed by atoms with E-state index in [4.69, 9.17) is 9.73 Å². The molecule has 0 radical (unpaired) electrons. The van der Waals surface area contributed by atoms with E-state index >= 15 is 0 Å². The van der Waals surface area contributed by atoms with E-state index in [0.29, 0.717) is 4.53 Å². The molecule has 174 valence electrons. The molecular weight excluding hydrogens is 472 g/mol. The van der Waals surface area contributed by atoms with Gasteiger partial charge in [0.25, 0.3) is 5.56 Å². The normalized spacial score (nSPS) is 16.9. The maximum Gasteiger partial charge on any atom is 0.271 e. The molecule has 0 saturated heterocycles. The number of aromatic nitrogens is 1. The third-order valence-corrected chi connectivity index (χ3v) is 8.42. The molecule has 1 atom stereocenters. The molecule has 2 aliphatic rings. The summed E-state index contributed by atoms with van der Waals surface area (Å²) in [5.41, 5.74) is 6.75. The van der Waals surface area contributed by atoms with Crippen LogP contribution in [-0.4, -0.2) is 17.9 Å². The Morgan fingerprint density at radius 2 is 1.89 bits per heavy atom. The smallest absolute Gasteiger partial charge is 0.271 e. The van der Waals surface area contributed by atoms with Crippen LogP contribution in [0, 0.1) is 0 Å². The number of allylic oxidation sites excluding steroid dienone is 1. The van der Waals surface area contributed by atoms with Crippen LogP contribution < -0.4 is 19.6 Å². The zero-order valence-corrected chi connectivity index (χ0v) is 21.2. The minimum Gasteiger partial charge on any atom is -0.497 e. The first-order valence-electron chi connectivity index (χ1n) is 11.6. The van der Waals surface area contributed by atoms with Crippen LogP contribution in [0.15, 0.2) is 93.1 Å². The summed E-state index contributed by atoms with van der Waals surface area (Å²) in [7, 11) is 1.68. The van der Waals surface area contributed by atoms with E-state index in [1.807, 2.05) is 28.8 Å². The molecule has 1 aliphatic carbocycles. The van der Waals surface area contributed by atoms with Gasteiger partial charge in [0, 0.05) is 10.5 Å². The first-order valence-corrected chi connectivity index (χ1v) is 13.6. The molecule has 4 aromatic rings. The van der Waals surface area contributed by atoms with Crippen molar-refractivity contribution in [3.05, 3.63) is 120 Å². The number of fused-ring (bicyclic) bond motifs is 3. The second kappa shape index (κ2) is 9.02. The average molecular weight is 497 g/mol. The Morgan fingerprint density at radius 1 is 1.06 bits per heavy atom. The highest BCUT2D eigenvalue weighted by atomic mass is 32.2. The predicted molar refractivity (Wildman–Crippen MR) is 144 cm³/mol. The van der Waals surface area contributed by atoms with Crippen molar-refractivity contribution in [3.8, 4) is 5.75 Å². The molecule has 3 aromatic carbocycles. The number of nitrogens with zero attached hydrogens (tertiary/aromatic N) is 2. The van der Waals surface area contributed by atoms with Crippen LogP contribution >= 0.6 is 23.1 Å². The second-order valence-electron chi connectivity index (χ2n) is 8.66. The van der Waals surface area contributed by atoms with E-state index in [0.717, 1.165) is 40.2 Å². The standard InChI is InChI=1S/C29H24N2O2S2/c1-33-21-8-5-7-20(17-21)27-24-15-12-19-6-3-4-9-23(19)26(24)30-29-31(27)28(32)25(35-29)16-18-10-13-22(34-2)14-11-18/h3-11,13-14,16-17,27H,12,15H2,1-2H3/b25-16+/t27-/m1/s1.